The van der Waals surface area contributed by atoms with Crippen LogP contribution in [0.3, 0.4) is 0 Å². The van der Waals surface area contributed by atoms with Gasteiger partial charge in [0, 0.05) is 0 Å². The molecular weight excluding hydrogens is 247 g/mol. The summed E-state index contributed by atoms with van der Waals surface area (Å²) < 4.78 is 14.7. The van der Waals surface area contributed by atoms with Crippen molar-refractivity contribution >= 4 is 0 Å². The van der Waals surface area contributed by atoms with E-state index in [1.54, 1.807) is 0 Å². The molecule has 0 saturated heterocycles. The molecule has 1 aromatic rings. The van der Waals surface area contributed by atoms with E-state index in [-0.39, 0.29) is 11.2 Å². The zero-order valence-electron chi connectivity index (χ0n) is 14.7. The molecular formula is C19H31F. The highest BCUT2D eigenvalue weighted by molar-refractivity contribution is 5.48. The maximum Gasteiger partial charge on any atom is 0.129 e. The highest BCUT2D eigenvalue weighted by atomic mass is 19.1. The van der Waals surface area contributed by atoms with Crippen LogP contribution in [0.25, 0.3) is 0 Å². The van der Waals surface area contributed by atoms with Gasteiger partial charge in [-0.2, -0.15) is 0 Å². The Kier molecular flexibility index (Phi) is 5.05. The van der Waals surface area contributed by atoms with Crippen molar-refractivity contribution in [3.63, 3.8) is 0 Å². The zero-order valence-corrected chi connectivity index (χ0v) is 14.7. The smallest absolute Gasteiger partial charge is 0.129 e. The lowest BCUT2D eigenvalue weighted by molar-refractivity contribution is 0.202. The quantitative estimate of drug-likeness (QED) is 0.624. The molecule has 0 aromatic heterocycles. The minimum atomic E-state index is 0.0111. The van der Waals surface area contributed by atoms with Gasteiger partial charge in [0.05, 0.1) is 0 Å². The number of rotatable bonds is 4. The normalized spacial score (nSPS) is 13.9. The number of hydrogen-bond acceptors (Lipinski definition) is 0. The Morgan fingerprint density at radius 2 is 1.45 bits per heavy atom. The van der Waals surface area contributed by atoms with Gasteiger partial charge in [-0.05, 0) is 72.3 Å². The maximum atomic E-state index is 14.7. The predicted molar refractivity (Wildman–Crippen MR) is 87.0 cm³/mol. The first-order valence-corrected chi connectivity index (χ1v) is 7.85. The number of halogens is 1. The molecule has 0 saturated carbocycles. The molecule has 114 valence electrons. The van der Waals surface area contributed by atoms with Crippen LogP contribution in [-0.4, -0.2) is 0 Å². The van der Waals surface area contributed by atoms with Gasteiger partial charge in [-0.3, -0.25) is 0 Å². The van der Waals surface area contributed by atoms with Crippen molar-refractivity contribution in [2.45, 2.75) is 74.7 Å². The summed E-state index contributed by atoms with van der Waals surface area (Å²) in [4.78, 5) is 0. The Labute approximate surface area is 124 Å². The van der Waals surface area contributed by atoms with Gasteiger partial charge < -0.3 is 0 Å². The number of hydrogen-bond donors (Lipinski definition) is 0. The van der Waals surface area contributed by atoms with Crippen molar-refractivity contribution in [1.82, 2.24) is 0 Å². The van der Waals surface area contributed by atoms with Gasteiger partial charge in [0.15, 0.2) is 0 Å². The van der Waals surface area contributed by atoms with E-state index in [0.717, 1.165) is 23.1 Å². The third-order valence-electron chi connectivity index (χ3n) is 5.84. The molecule has 0 heterocycles. The van der Waals surface area contributed by atoms with E-state index in [4.69, 9.17) is 0 Å². The zero-order chi connectivity index (χ0) is 15.8. The molecule has 1 atom stereocenters. The molecule has 0 spiro atoms. The van der Waals surface area contributed by atoms with Gasteiger partial charge in [-0.25, -0.2) is 4.39 Å². The summed E-state index contributed by atoms with van der Waals surface area (Å²) in [7, 11) is 0. The van der Waals surface area contributed by atoms with Crippen molar-refractivity contribution in [1.29, 1.82) is 0 Å². The van der Waals surface area contributed by atoms with Crippen molar-refractivity contribution in [3.8, 4) is 0 Å². The first-order valence-electron chi connectivity index (χ1n) is 7.85. The van der Waals surface area contributed by atoms with Crippen LogP contribution in [0.15, 0.2) is 0 Å². The van der Waals surface area contributed by atoms with Crippen LogP contribution in [0.2, 0.25) is 0 Å². The van der Waals surface area contributed by atoms with E-state index in [9.17, 15) is 4.39 Å². The molecule has 1 heteroatoms. The maximum absolute atomic E-state index is 14.7. The van der Waals surface area contributed by atoms with E-state index >= 15 is 0 Å². The third kappa shape index (κ3) is 2.64. The fourth-order valence-electron chi connectivity index (χ4n) is 3.02. The molecule has 0 bridgehead atoms. The van der Waals surface area contributed by atoms with Gasteiger partial charge in [-0.15, -0.1) is 0 Å². The molecule has 1 aromatic carbocycles. The fraction of sp³-hybridized carbons (Fsp3) is 0.684. The van der Waals surface area contributed by atoms with Gasteiger partial charge in [0.2, 0.25) is 0 Å². The summed E-state index contributed by atoms with van der Waals surface area (Å²) in [6.07, 6.45) is 0.766. The first kappa shape index (κ1) is 17.2. The summed E-state index contributed by atoms with van der Waals surface area (Å²) in [5.74, 6) is 0.925. The fourth-order valence-corrected chi connectivity index (χ4v) is 3.02. The molecule has 1 unspecified atom stereocenters. The molecule has 0 aliphatic heterocycles. The summed E-state index contributed by atoms with van der Waals surface area (Å²) in [5, 5.41) is 0. The van der Waals surface area contributed by atoms with E-state index in [2.05, 4.69) is 48.5 Å². The largest absolute Gasteiger partial charge is 0.206 e. The lowest BCUT2D eigenvalue weighted by atomic mass is 9.66. The predicted octanol–water partition coefficient (Wildman–Crippen LogP) is 6.10. The molecule has 20 heavy (non-hydrogen) atoms. The van der Waals surface area contributed by atoms with Crippen LogP contribution in [-0.2, 0) is 6.42 Å². The lowest BCUT2D eigenvalue weighted by Crippen LogP contribution is -2.28. The first-order chi connectivity index (χ1) is 9.07. The Balaban J connectivity index is 3.60. The monoisotopic (exact) mass is 278 g/mol. The van der Waals surface area contributed by atoms with Gasteiger partial charge in [-0.1, -0.05) is 41.5 Å². The second-order valence-corrected chi connectivity index (χ2v) is 7.13. The van der Waals surface area contributed by atoms with Crippen LogP contribution in [0.4, 0.5) is 4.39 Å². The third-order valence-corrected chi connectivity index (χ3v) is 5.84. The van der Waals surface area contributed by atoms with Crippen LogP contribution in [0.1, 0.15) is 75.3 Å². The minimum Gasteiger partial charge on any atom is -0.206 e. The average molecular weight is 278 g/mol. The van der Waals surface area contributed by atoms with Crippen LogP contribution in [0.5, 0.6) is 0 Å². The average Bonchev–Trinajstić information content (AvgIpc) is 2.39. The van der Waals surface area contributed by atoms with E-state index in [1.165, 1.54) is 11.1 Å². The summed E-state index contributed by atoms with van der Waals surface area (Å²) >= 11 is 0. The molecule has 0 N–H and O–H groups in total. The number of benzene rings is 1. The van der Waals surface area contributed by atoms with Gasteiger partial charge in [0.1, 0.15) is 5.82 Å². The van der Waals surface area contributed by atoms with E-state index < -0.39 is 0 Å². The van der Waals surface area contributed by atoms with Crippen LogP contribution in [0, 0.1) is 37.9 Å². The Hall–Kier alpha value is -0.850. The molecule has 0 radical (unpaired) electrons. The van der Waals surface area contributed by atoms with E-state index in [0.29, 0.717) is 11.8 Å². The second-order valence-electron chi connectivity index (χ2n) is 7.13. The molecule has 0 amide bonds. The lowest BCUT2D eigenvalue weighted by Gasteiger charge is -2.38. The van der Waals surface area contributed by atoms with Crippen LogP contribution >= 0.6 is 0 Å². The minimum absolute atomic E-state index is 0.0111. The van der Waals surface area contributed by atoms with Crippen molar-refractivity contribution in [3.05, 3.63) is 33.6 Å². The molecule has 1 rings (SSSR count). The highest BCUT2D eigenvalue weighted by Gasteiger charge is 2.33. The summed E-state index contributed by atoms with van der Waals surface area (Å²) in [5.41, 5.74) is 5.53. The second kappa shape index (κ2) is 5.87. The molecule has 0 nitrogen and oxygen atoms in total. The summed E-state index contributed by atoms with van der Waals surface area (Å²) in [6, 6.07) is 0. The standard InChI is InChI=1S/C19H31F/c1-10-16-17(15(7)19(8,9)11(2)3)13(5)12(4)14(6)18(16)20/h11,15H,10H2,1-9H3. The van der Waals surface area contributed by atoms with Crippen molar-refractivity contribution < 1.29 is 4.39 Å². The molecule has 0 fully saturated rings. The van der Waals surface area contributed by atoms with Gasteiger partial charge >= 0.3 is 0 Å². The SMILES string of the molecule is CCc1c(F)c(C)c(C)c(C)c1C(C)C(C)(C)C(C)C. The van der Waals surface area contributed by atoms with Crippen LogP contribution < -0.4 is 0 Å². The summed E-state index contributed by atoms with van der Waals surface area (Å²) in [6.45, 7) is 19.5. The van der Waals surface area contributed by atoms with Crippen molar-refractivity contribution in [2.24, 2.45) is 11.3 Å². The van der Waals surface area contributed by atoms with Gasteiger partial charge in [0.25, 0.3) is 0 Å². The van der Waals surface area contributed by atoms with E-state index in [1.807, 2.05) is 13.8 Å². The molecule has 0 aliphatic carbocycles. The Bertz CT molecular complexity index is 495. The molecule has 0 aliphatic rings. The Morgan fingerprint density at radius 3 is 1.85 bits per heavy atom. The topological polar surface area (TPSA) is 0 Å². The van der Waals surface area contributed by atoms with Crippen molar-refractivity contribution in [2.75, 3.05) is 0 Å². The Morgan fingerprint density at radius 1 is 0.950 bits per heavy atom. The highest BCUT2D eigenvalue weighted by Crippen LogP contribution is 2.45.